The van der Waals surface area contributed by atoms with Crippen LogP contribution in [0.4, 0.5) is 11.4 Å². The molecular weight excluding hydrogens is 390 g/mol. The number of ether oxygens (including phenoxy) is 1. The zero-order valence-electron chi connectivity index (χ0n) is 19.8. The molecule has 0 saturated carbocycles. The number of rotatable bonds is 2. The van der Waals surface area contributed by atoms with Gasteiger partial charge in [-0.2, -0.15) is 0 Å². The van der Waals surface area contributed by atoms with Crippen molar-refractivity contribution in [1.29, 1.82) is 0 Å². The van der Waals surface area contributed by atoms with Crippen molar-refractivity contribution >= 4 is 22.1 Å². The lowest BCUT2D eigenvalue weighted by Crippen LogP contribution is -2.12. The van der Waals surface area contributed by atoms with Crippen LogP contribution in [0.3, 0.4) is 0 Å². The molecule has 0 amide bonds. The summed E-state index contributed by atoms with van der Waals surface area (Å²) >= 11 is 0. The molecule has 1 aliphatic rings. The normalized spacial score (nSPS) is 12.9. The molecule has 162 valence electrons. The van der Waals surface area contributed by atoms with Crippen molar-refractivity contribution in [3.8, 4) is 22.6 Å². The fourth-order valence-corrected chi connectivity index (χ4v) is 4.40. The van der Waals surface area contributed by atoms with Crippen LogP contribution < -0.4 is 10.1 Å². The van der Waals surface area contributed by atoms with E-state index < -0.39 is 0 Å². The molecule has 4 aromatic rings. The fourth-order valence-electron chi connectivity index (χ4n) is 4.40. The molecule has 1 aliphatic heterocycles. The van der Waals surface area contributed by atoms with E-state index in [0.717, 1.165) is 28.4 Å². The number of benzene rings is 4. The zero-order chi connectivity index (χ0) is 22.7. The summed E-state index contributed by atoms with van der Waals surface area (Å²) in [6.45, 7) is 13.5. The van der Waals surface area contributed by atoms with Crippen molar-refractivity contribution in [2.45, 2.75) is 52.4 Å². The molecule has 2 heteroatoms. The van der Waals surface area contributed by atoms with Crippen LogP contribution in [0.15, 0.2) is 72.8 Å². The highest BCUT2D eigenvalue weighted by molar-refractivity contribution is 6.10. The molecule has 0 fully saturated rings. The first-order valence-corrected chi connectivity index (χ1v) is 11.4. The first-order chi connectivity index (χ1) is 15.1. The third-order valence-electron chi connectivity index (χ3n) is 6.37. The molecule has 0 aromatic heterocycles. The van der Waals surface area contributed by atoms with Gasteiger partial charge in [-0.05, 0) is 63.9 Å². The summed E-state index contributed by atoms with van der Waals surface area (Å²) in [4.78, 5) is 0. The van der Waals surface area contributed by atoms with Crippen LogP contribution in [0.2, 0.25) is 0 Å². The van der Waals surface area contributed by atoms with Crippen LogP contribution in [0, 0.1) is 0 Å². The maximum atomic E-state index is 6.42. The first-order valence-electron chi connectivity index (χ1n) is 11.4. The highest BCUT2D eigenvalue weighted by Crippen LogP contribution is 2.49. The van der Waals surface area contributed by atoms with Crippen molar-refractivity contribution in [1.82, 2.24) is 0 Å². The predicted octanol–water partition coefficient (Wildman–Crippen LogP) is 8.95. The number of hydrogen-bond donors (Lipinski definition) is 1. The molecule has 1 N–H and O–H groups in total. The second-order valence-electron chi connectivity index (χ2n) is 10.9. The molecule has 2 nitrogen and oxygen atoms in total. The van der Waals surface area contributed by atoms with Gasteiger partial charge in [0, 0.05) is 27.7 Å². The van der Waals surface area contributed by atoms with Crippen LogP contribution in [0.1, 0.15) is 52.7 Å². The van der Waals surface area contributed by atoms with Gasteiger partial charge in [-0.15, -0.1) is 0 Å². The van der Waals surface area contributed by atoms with E-state index in [2.05, 4.69) is 114 Å². The average molecular weight is 422 g/mol. The third kappa shape index (κ3) is 3.54. The topological polar surface area (TPSA) is 21.3 Å². The minimum absolute atomic E-state index is 0.0205. The number of fused-ring (bicyclic) bond motifs is 2. The Morgan fingerprint density at radius 1 is 0.625 bits per heavy atom. The Kier molecular flexibility index (Phi) is 4.60. The molecule has 0 unspecified atom stereocenters. The Bertz CT molecular complexity index is 1320. The summed E-state index contributed by atoms with van der Waals surface area (Å²) in [6.07, 6.45) is 0. The van der Waals surface area contributed by atoms with Gasteiger partial charge < -0.3 is 10.1 Å². The van der Waals surface area contributed by atoms with Crippen LogP contribution in [0.25, 0.3) is 21.9 Å². The summed E-state index contributed by atoms with van der Waals surface area (Å²) < 4.78 is 6.42. The molecule has 0 atom stereocenters. The first kappa shape index (κ1) is 20.6. The summed E-state index contributed by atoms with van der Waals surface area (Å²) in [6, 6.07) is 26.0. The van der Waals surface area contributed by atoms with Crippen molar-refractivity contribution < 1.29 is 4.74 Å². The molecule has 0 saturated heterocycles. The van der Waals surface area contributed by atoms with Gasteiger partial charge in [0.1, 0.15) is 11.5 Å². The summed E-state index contributed by atoms with van der Waals surface area (Å²) in [5.41, 5.74) is 7.33. The van der Waals surface area contributed by atoms with Gasteiger partial charge >= 0.3 is 0 Å². The summed E-state index contributed by atoms with van der Waals surface area (Å²) in [5, 5.41) is 6.04. The van der Waals surface area contributed by atoms with Crippen molar-refractivity contribution in [2.75, 3.05) is 5.32 Å². The quantitative estimate of drug-likeness (QED) is 0.307. The number of anilines is 2. The van der Waals surface area contributed by atoms with Gasteiger partial charge in [0.15, 0.2) is 0 Å². The number of para-hydroxylation sites is 1. The van der Waals surface area contributed by atoms with E-state index in [1.54, 1.807) is 0 Å². The maximum absolute atomic E-state index is 6.42. The highest BCUT2D eigenvalue weighted by Gasteiger charge is 2.25. The second kappa shape index (κ2) is 7.13. The molecule has 0 spiro atoms. The largest absolute Gasteiger partial charge is 0.456 e. The lowest BCUT2D eigenvalue weighted by atomic mass is 9.83. The minimum atomic E-state index is 0.0205. The van der Waals surface area contributed by atoms with Crippen LogP contribution in [0.5, 0.6) is 11.5 Å². The highest BCUT2D eigenvalue weighted by atomic mass is 16.5. The maximum Gasteiger partial charge on any atom is 0.136 e. The lowest BCUT2D eigenvalue weighted by Gasteiger charge is -2.27. The molecule has 5 rings (SSSR count). The zero-order valence-corrected chi connectivity index (χ0v) is 19.8. The minimum Gasteiger partial charge on any atom is -0.456 e. The van der Waals surface area contributed by atoms with E-state index in [-0.39, 0.29) is 10.8 Å². The van der Waals surface area contributed by atoms with Crippen LogP contribution in [-0.4, -0.2) is 0 Å². The Hall–Kier alpha value is -3.26. The van der Waals surface area contributed by atoms with Gasteiger partial charge in [-0.3, -0.25) is 0 Å². The van der Waals surface area contributed by atoms with Crippen molar-refractivity contribution in [3.05, 3.63) is 83.9 Å². The SMILES string of the molecule is CC(C)(C)c1ccc(Nc2ccc3c4c(cc(C(C)(C)C)cc24)Oc2ccccc2-3)cc1. The van der Waals surface area contributed by atoms with E-state index in [1.807, 2.05) is 6.07 Å². The van der Waals surface area contributed by atoms with Gasteiger partial charge in [-0.25, -0.2) is 0 Å². The van der Waals surface area contributed by atoms with E-state index in [1.165, 1.54) is 27.5 Å². The van der Waals surface area contributed by atoms with E-state index in [0.29, 0.717) is 0 Å². The third-order valence-corrected chi connectivity index (χ3v) is 6.37. The smallest absolute Gasteiger partial charge is 0.136 e. The van der Waals surface area contributed by atoms with Gasteiger partial charge in [-0.1, -0.05) is 77.9 Å². The second-order valence-corrected chi connectivity index (χ2v) is 10.9. The molecule has 1 heterocycles. The molecule has 0 bridgehead atoms. The lowest BCUT2D eigenvalue weighted by molar-refractivity contribution is 0.483. The van der Waals surface area contributed by atoms with Gasteiger partial charge in [0.25, 0.3) is 0 Å². The number of nitrogens with one attached hydrogen (secondary N) is 1. The van der Waals surface area contributed by atoms with Crippen LogP contribution in [-0.2, 0) is 10.8 Å². The monoisotopic (exact) mass is 421 g/mol. The van der Waals surface area contributed by atoms with Gasteiger partial charge in [0.05, 0.1) is 0 Å². The molecule has 0 aliphatic carbocycles. The van der Waals surface area contributed by atoms with Crippen molar-refractivity contribution in [3.63, 3.8) is 0 Å². The number of hydrogen-bond acceptors (Lipinski definition) is 2. The summed E-state index contributed by atoms with van der Waals surface area (Å²) in [7, 11) is 0. The van der Waals surface area contributed by atoms with Crippen LogP contribution >= 0.6 is 0 Å². The van der Waals surface area contributed by atoms with Gasteiger partial charge in [0.2, 0.25) is 0 Å². The van der Waals surface area contributed by atoms with E-state index in [9.17, 15) is 0 Å². The molecule has 0 radical (unpaired) electrons. The summed E-state index contributed by atoms with van der Waals surface area (Å²) in [5.74, 6) is 1.86. The fraction of sp³-hybridized carbons (Fsp3) is 0.267. The Morgan fingerprint density at radius 2 is 1.31 bits per heavy atom. The van der Waals surface area contributed by atoms with Crippen molar-refractivity contribution in [2.24, 2.45) is 0 Å². The van der Waals surface area contributed by atoms with E-state index >= 15 is 0 Å². The molecule has 4 aromatic carbocycles. The average Bonchev–Trinajstić information content (AvgIpc) is 2.74. The molecule has 32 heavy (non-hydrogen) atoms. The standard InChI is InChI=1S/C30H31NO/c1-29(2,3)19-11-13-21(14-12-19)31-25-16-15-23-22-9-7-8-10-26(22)32-27-18-20(30(4,5)6)17-24(25)28(23)27/h7-18,31H,1-6H3. The van der Waals surface area contributed by atoms with E-state index in [4.69, 9.17) is 4.74 Å². The predicted molar refractivity (Wildman–Crippen MR) is 137 cm³/mol. The molecular formula is C30H31NO. The Balaban J connectivity index is 1.68. The Labute approximate surface area is 191 Å². The Morgan fingerprint density at radius 3 is 2.00 bits per heavy atom.